The van der Waals surface area contributed by atoms with E-state index in [1.807, 2.05) is 13.8 Å². The van der Waals surface area contributed by atoms with Crippen LogP contribution in [0.5, 0.6) is 0 Å². The molecule has 0 rings (SSSR count). The van der Waals surface area contributed by atoms with Gasteiger partial charge < -0.3 is 10.7 Å². The zero-order valence-electron chi connectivity index (χ0n) is 9.83. The minimum Gasteiger partial charge on any atom is -0.634 e. The van der Waals surface area contributed by atoms with E-state index in [4.69, 9.17) is 0 Å². The van der Waals surface area contributed by atoms with Gasteiger partial charge in [-0.15, -0.1) is 4.91 Å². The monoisotopic (exact) mass is 202 g/mol. The van der Waals surface area contributed by atoms with Crippen molar-refractivity contribution in [2.75, 3.05) is 0 Å². The summed E-state index contributed by atoms with van der Waals surface area (Å²) < 4.78 is 0. The Bertz CT molecular complexity index is 195. The molecule has 0 aliphatic rings. The lowest BCUT2D eigenvalue weighted by Crippen LogP contribution is -2.94. The number of quaternary nitrogens is 1. The lowest BCUT2D eigenvalue weighted by Gasteiger charge is -2.41. The van der Waals surface area contributed by atoms with E-state index in [1.165, 1.54) is 0 Å². The summed E-state index contributed by atoms with van der Waals surface area (Å²) >= 11 is 0. The van der Waals surface area contributed by atoms with Crippen LogP contribution in [-0.4, -0.2) is 5.66 Å². The maximum atomic E-state index is 10.9. The molecule has 2 atom stereocenters. The Morgan fingerprint density at radius 1 is 1.43 bits per heavy atom. The quantitative estimate of drug-likeness (QED) is 0.528. The van der Waals surface area contributed by atoms with Gasteiger partial charge in [0.15, 0.2) is 0 Å². The smallest absolute Gasteiger partial charge is 0.230 e. The van der Waals surface area contributed by atoms with Gasteiger partial charge in [0.2, 0.25) is 5.66 Å². The number of hydrogen-bond donors (Lipinski definition) is 1. The van der Waals surface area contributed by atoms with Crippen molar-refractivity contribution in [2.45, 2.75) is 53.1 Å². The molecule has 4 heteroatoms. The van der Waals surface area contributed by atoms with Crippen LogP contribution in [0.15, 0.2) is 5.18 Å². The Balaban J connectivity index is 4.80. The summed E-state index contributed by atoms with van der Waals surface area (Å²) in [4.78, 5) is 10.7. The molecule has 84 valence electrons. The Morgan fingerprint density at radius 2 is 1.93 bits per heavy atom. The SMILES string of the molecule is CCCC(C)C(C)(C)C(C)(N=O)[NH2+][O-]. The number of rotatable bonds is 6. The molecule has 0 spiro atoms. The second kappa shape index (κ2) is 4.84. The summed E-state index contributed by atoms with van der Waals surface area (Å²) in [5.74, 6) is 0.306. The van der Waals surface area contributed by atoms with Crippen LogP contribution in [0.2, 0.25) is 0 Å². The summed E-state index contributed by atoms with van der Waals surface area (Å²) in [6.45, 7) is 9.64. The van der Waals surface area contributed by atoms with E-state index in [1.54, 1.807) is 6.92 Å². The van der Waals surface area contributed by atoms with Crippen LogP contribution >= 0.6 is 0 Å². The zero-order chi connectivity index (χ0) is 11.4. The van der Waals surface area contributed by atoms with Gasteiger partial charge in [-0.2, -0.15) is 0 Å². The van der Waals surface area contributed by atoms with Gasteiger partial charge in [0.05, 0.1) is 0 Å². The van der Waals surface area contributed by atoms with E-state index in [0.29, 0.717) is 11.4 Å². The summed E-state index contributed by atoms with van der Waals surface area (Å²) in [7, 11) is 0. The first-order valence-electron chi connectivity index (χ1n) is 5.16. The Kier molecular flexibility index (Phi) is 4.68. The topological polar surface area (TPSA) is 69.1 Å². The van der Waals surface area contributed by atoms with Gasteiger partial charge in [-0.1, -0.05) is 40.5 Å². The van der Waals surface area contributed by atoms with E-state index in [-0.39, 0.29) is 5.41 Å². The van der Waals surface area contributed by atoms with Crippen LogP contribution in [-0.2, 0) is 0 Å². The highest BCUT2D eigenvalue weighted by Gasteiger charge is 2.47. The summed E-state index contributed by atoms with van der Waals surface area (Å²) in [5, 5.41) is 13.9. The average molecular weight is 202 g/mol. The lowest BCUT2D eigenvalue weighted by molar-refractivity contribution is -0.684. The van der Waals surface area contributed by atoms with Crippen LogP contribution in [0.25, 0.3) is 0 Å². The van der Waals surface area contributed by atoms with Gasteiger partial charge in [-0.25, -0.2) is 0 Å². The summed E-state index contributed by atoms with van der Waals surface area (Å²) in [6.07, 6.45) is 2.06. The molecule has 0 radical (unpaired) electrons. The minimum atomic E-state index is -1.11. The molecular weight excluding hydrogens is 180 g/mol. The van der Waals surface area contributed by atoms with Gasteiger partial charge in [-0.05, 0) is 11.1 Å². The van der Waals surface area contributed by atoms with Gasteiger partial charge in [0, 0.05) is 12.3 Å². The third kappa shape index (κ3) is 2.30. The second-order valence-electron chi connectivity index (χ2n) is 4.77. The van der Waals surface area contributed by atoms with Crippen LogP contribution in [0, 0.1) is 21.4 Å². The van der Waals surface area contributed by atoms with E-state index < -0.39 is 5.66 Å². The molecule has 0 saturated carbocycles. The van der Waals surface area contributed by atoms with Crippen molar-refractivity contribution in [3.8, 4) is 0 Å². The van der Waals surface area contributed by atoms with E-state index in [2.05, 4.69) is 19.0 Å². The number of nitroso groups, excluding NO2 is 1. The van der Waals surface area contributed by atoms with Crippen molar-refractivity contribution >= 4 is 0 Å². The van der Waals surface area contributed by atoms with Crippen LogP contribution in [0.3, 0.4) is 0 Å². The fourth-order valence-electron chi connectivity index (χ4n) is 1.58. The molecule has 0 bridgehead atoms. The van der Waals surface area contributed by atoms with E-state index >= 15 is 0 Å². The molecule has 14 heavy (non-hydrogen) atoms. The number of hydroxylamine groups is 1. The first-order valence-corrected chi connectivity index (χ1v) is 5.16. The number of nitrogens with two attached hydrogens (primary N) is 1. The Labute approximate surface area is 86.0 Å². The van der Waals surface area contributed by atoms with Crippen LogP contribution in [0.1, 0.15) is 47.5 Å². The highest BCUT2D eigenvalue weighted by atomic mass is 16.5. The molecule has 0 fully saturated rings. The molecule has 0 aromatic rings. The number of nitrogens with zero attached hydrogens (tertiary/aromatic N) is 1. The maximum absolute atomic E-state index is 10.9. The first kappa shape index (κ1) is 13.5. The van der Waals surface area contributed by atoms with Gasteiger partial charge >= 0.3 is 0 Å². The minimum absolute atomic E-state index is 0.306. The molecule has 0 aliphatic heterocycles. The van der Waals surface area contributed by atoms with Crippen molar-refractivity contribution in [3.05, 3.63) is 10.1 Å². The van der Waals surface area contributed by atoms with E-state index in [0.717, 1.165) is 12.8 Å². The van der Waals surface area contributed by atoms with Crippen LogP contribution < -0.4 is 5.48 Å². The summed E-state index contributed by atoms with van der Waals surface area (Å²) in [5.41, 5.74) is -0.819. The molecule has 0 aromatic heterocycles. The first-order chi connectivity index (χ1) is 6.35. The fraction of sp³-hybridized carbons (Fsp3) is 1.00. The normalized spacial score (nSPS) is 18.7. The predicted molar refractivity (Wildman–Crippen MR) is 57.3 cm³/mol. The average Bonchev–Trinajstić information content (AvgIpc) is 2.16. The molecule has 0 aliphatic carbocycles. The van der Waals surface area contributed by atoms with Gasteiger partial charge in [0.1, 0.15) is 0 Å². The van der Waals surface area contributed by atoms with Crippen molar-refractivity contribution in [1.82, 2.24) is 0 Å². The maximum Gasteiger partial charge on any atom is 0.230 e. The van der Waals surface area contributed by atoms with Gasteiger partial charge in [-0.3, -0.25) is 0 Å². The largest absolute Gasteiger partial charge is 0.634 e. The van der Waals surface area contributed by atoms with Crippen molar-refractivity contribution in [1.29, 1.82) is 0 Å². The predicted octanol–water partition coefficient (Wildman–Crippen LogP) is 1.99. The van der Waals surface area contributed by atoms with E-state index in [9.17, 15) is 10.1 Å². The van der Waals surface area contributed by atoms with Gasteiger partial charge in [0.25, 0.3) is 0 Å². The third-order valence-electron chi connectivity index (χ3n) is 3.68. The molecular formula is C10H22N2O2. The lowest BCUT2D eigenvalue weighted by atomic mass is 9.69. The zero-order valence-corrected chi connectivity index (χ0v) is 9.83. The van der Waals surface area contributed by atoms with Crippen LogP contribution in [0.4, 0.5) is 0 Å². The molecule has 2 unspecified atom stereocenters. The van der Waals surface area contributed by atoms with Crippen molar-refractivity contribution in [3.63, 3.8) is 0 Å². The molecule has 0 aromatic carbocycles. The van der Waals surface area contributed by atoms with Crippen molar-refractivity contribution in [2.24, 2.45) is 16.5 Å². The fourth-order valence-corrected chi connectivity index (χ4v) is 1.58. The Hall–Kier alpha value is -0.480. The molecule has 4 nitrogen and oxygen atoms in total. The standard InChI is InChI=1S/C10H22N2O2/c1-6-7-8(2)9(3,4)10(5,11-13)12-14/h8H,6-7,11H2,1-5H3. The number of hydrogen-bond acceptors (Lipinski definition) is 3. The second-order valence-corrected chi connectivity index (χ2v) is 4.77. The summed E-state index contributed by atoms with van der Waals surface area (Å²) in [6, 6.07) is 0. The molecule has 0 amide bonds. The molecule has 2 N–H and O–H groups in total. The third-order valence-corrected chi connectivity index (χ3v) is 3.68. The molecule has 0 saturated heterocycles. The van der Waals surface area contributed by atoms with Crippen molar-refractivity contribution < 1.29 is 5.48 Å². The Morgan fingerprint density at radius 3 is 2.21 bits per heavy atom. The molecule has 0 heterocycles. The highest BCUT2D eigenvalue weighted by Crippen LogP contribution is 2.38. The highest BCUT2D eigenvalue weighted by molar-refractivity contribution is 4.90.